The fourth-order valence-corrected chi connectivity index (χ4v) is 3.23. The van der Waals surface area contributed by atoms with Crippen LogP contribution in [0, 0.1) is 5.41 Å². The molecule has 0 unspecified atom stereocenters. The molecule has 0 aromatic carbocycles. The summed E-state index contributed by atoms with van der Waals surface area (Å²) >= 11 is 0. The van der Waals surface area contributed by atoms with Crippen molar-refractivity contribution < 1.29 is 9.53 Å². The van der Waals surface area contributed by atoms with Gasteiger partial charge < -0.3 is 4.74 Å². The number of rotatable bonds is 7. The number of ether oxygens (including phenoxy) is 1. The monoisotopic (exact) mass is 368 g/mol. The molecular formula is C25H36O2. The van der Waals surface area contributed by atoms with Crippen LogP contribution in [0.25, 0.3) is 0 Å². The third-order valence-corrected chi connectivity index (χ3v) is 4.91. The Morgan fingerprint density at radius 1 is 1.04 bits per heavy atom. The predicted octanol–water partition coefficient (Wildman–Crippen LogP) is 7.03. The SMILES string of the molecule is CC(=O)OC/C(C)=C/C=C(C)/C=C/C=C(C)/C=C/C1=C(C)CCCC1(C)C. The van der Waals surface area contributed by atoms with E-state index in [0.717, 1.165) is 11.1 Å². The molecule has 0 saturated heterocycles. The van der Waals surface area contributed by atoms with Crippen LogP contribution in [-0.4, -0.2) is 12.6 Å². The average Bonchev–Trinajstić information content (AvgIpc) is 2.57. The lowest BCUT2D eigenvalue weighted by Gasteiger charge is -2.32. The fourth-order valence-electron chi connectivity index (χ4n) is 3.23. The van der Waals surface area contributed by atoms with Crippen LogP contribution in [0.4, 0.5) is 0 Å². The zero-order chi connectivity index (χ0) is 20.4. The number of hydrogen-bond donors (Lipinski definition) is 0. The molecule has 0 atom stereocenters. The quantitative estimate of drug-likeness (QED) is 0.356. The second kappa shape index (κ2) is 10.9. The summed E-state index contributed by atoms with van der Waals surface area (Å²) in [5.74, 6) is -0.250. The zero-order valence-corrected chi connectivity index (χ0v) is 18.2. The summed E-state index contributed by atoms with van der Waals surface area (Å²) in [7, 11) is 0. The van der Waals surface area contributed by atoms with E-state index < -0.39 is 0 Å². The molecule has 1 aliphatic carbocycles. The van der Waals surface area contributed by atoms with Crippen molar-refractivity contribution in [1.29, 1.82) is 0 Å². The lowest BCUT2D eigenvalue weighted by Crippen LogP contribution is -2.19. The maximum Gasteiger partial charge on any atom is 0.302 e. The van der Waals surface area contributed by atoms with Crippen LogP contribution in [0.3, 0.4) is 0 Å². The van der Waals surface area contributed by atoms with E-state index in [-0.39, 0.29) is 11.4 Å². The van der Waals surface area contributed by atoms with Crippen molar-refractivity contribution in [2.24, 2.45) is 5.41 Å². The number of hydrogen-bond acceptors (Lipinski definition) is 2. The first-order valence-electron chi connectivity index (χ1n) is 9.82. The van der Waals surface area contributed by atoms with Gasteiger partial charge >= 0.3 is 5.97 Å². The van der Waals surface area contributed by atoms with Gasteiger partial charge in [-0.05, 0) is 63.5 Å². The molecule has 0 aromatic rings. The average molecular weight is 369 g/mol. The van der Waals surface area contributed by atoms with Gasteiger partial charge in [0.15, 0.2) is 0 Å². The first-order chi connectivity index (χ1) is 12.6. The molecule has 0 spiro atoms. The molecule has 0 aromatic heterocycles. The number of carbonyl (C=O) groups excluding carboxylic acids is 1. The Labute approximate surface area is 166 Å². The fraction of sp³-hybridized carbons (Fsp3) is 0.480. The molecule has 27 heavy (non-hydrogen) atoms. The second-order valence-electron chi connectivity index (χ2n) is 8.24. The molecule has 0 fully saturated rings. The first kappa shape index (κ1) is 23.0. The molecule has 0 N–H and O–H groups in total. The van der Waals surface area contributed by atoms with Crippen molar-refractivity contribution in [3.8, 4) is 0 Å². The van der Waals surface area contributed by atoms with Crippen LogP contribution in [0.1, 0.15) is 67.7 Å². The number of esters is 1. The third kappa shape index (κ3) is 8.90. The summed E-state index contributed by atoms with van der Waals surface area (Å²) in [6.07, 6.45) is 18.6. The highest BCUT2D eigenvalue weighted by molar-refractivity contribution is 5.66. The van der Waals surface area contributed by atoms with E-state index in [0.29, 0.717) is 6.61 Å². The molecule has 2 nitrogen and oxygen atoms in total. The van der Waals surface area contributed by atoms with Gasteiger partial charge in [-0.2, -0.15) is 0 Å². The smallest absolute Gasteiger partial charge is 0.302 e. The number of allylic oxidation sites excluding steroid dienone is 11. The Balaban J connectivity index is 2.68. The van der Waals surface area contributed by atoms with Crippen LogP contribution in [0.15, 0.2) is 70.4 Å². The van der Waals surface area contributed by atoms with Gasteiger partial charge in [-0.1, -0.05) is 73.1 Å². The minimum Gasteiger partial charge on any atom is -0.461 e. The molecule has 2 heteroatoms. The van der Waals surface area contributed by atoms with E-state index in [9.17, 15) is 4.79 Å². The van der Waals surface area contributed by atoms with Gasteiger partial charge in [0.1, 0.15) is 6.61 Å². The van der Waals surface area contributed by atoms with Crippen LogP contribution < -0.4 is 0 Å². The van der Waals surface area contributed by atoms with Crippen LogP contribution in [0.5, 0.6) is 0 Å². The molecule has 1 rings (SSSR count). The van der Waals surface area contributed by atoms with Gasteiger partial charge in [0.2, 0.25) is 0 Å². The van der Waals surface area contributed by atoms with E-state index in [4.69, 9.17) is 4.74 Å². The Bertz CT molecular complexity index is 707. The Morgan fingerprint density at radius 2 is 1.70 bits per heavy atom. The van der Waals surface area contributed by atoms with E-state index in [1.807, 2.05) is 19.1 Å². The number of carbonyl (C=O) groups is 1. The van der Waals surface area contributed by atoms with Crippen LogP contribution in [-0.2, 0) is 9.53 Å². The van der Waals surface area contributed by atoms with E-state index in [2.05, 4.69) is 65.0 Å². The van der Waals surface area contributed by atoms with Crippen molar-refractivity contribution in [3.05, 3.63) is 70.4 Å². The van der Waals surface area contributed by atoms with Crippen molar-refractivity contribution >= 4 is 5.97 Å². The highest BCUT2D eigenvalue weighted by Gasteiger charge is 2.26. The van der Waals surface area contributed by atoms with Crippen LogP contribution >= 0.6 is 0 Å². The normalized spacial score (nSPS) is 19.3. The second-order valence-corrected chi connectivity index (χ2v) is 8.24. The Kier molecular flexibility index (Phi) is 9.28. The summed E-state index contributed by atoms with van der Waals surface area (Å²) in [5.41, 5.74) is 6.71. The summed E-state index contributed by atoms with van der Waals surface area (Å²) in [4.78, 5) is 10.8. The van der Waals surface area contributed by atoms with Gasteiger partial charge in [-0.15, -0.1) is 0 Å². The van der Waals surface area contributed by atoms with Crippen molar-refractivity contribution in [2.45, 2.75) is 67.7 Å². The van der Waals surface area contributed by atoms with Gasteiger partial charge in [0.05, 0.1) is 0 Å². The maximum atomic E-state index is 10.8. The zero-order valence-electron chi connectivity index (χ0n) is 18.2. The first-order valence-corrected chi connectivity index (χ1v) is 9.82. The lowest BCUT2D eigenvalue weighted by atomic mass is 9.72. The largest absolute Gasteiger partial charge is 0.461 e. The Hall–Kier alpha value is -2.09. The molecule has 0 saturated carbocycles. The van der Waals surface area contributed by atoms with Gasteiger partial charge in [0.25, 0.3) is 0 Å². The molecule has 0 bridgehead atoms. The van der Waals surface area contributed by atoms with Gasteiger partial charge in [0, 0.05) is 6.92 Å². The van der Waals surface area contributed by atoms with Crippen molar-refractivity contribution in [2.75, 3.05) is 6.61 Å². The van der Waals surface area contributed by atoms with E-state index in [1.54, 1.807) is 0 Å². The predicted molar refractivity (Wildman–Crippen MR) is 117 cm³/mol. The summed E-state index contributed by atoms with van der Waals surface area (Å²) in [6, 6.07) is 0. The standard InChI is InChI=1S/C25H36O2/c1-19(13-14-21(3)18-27-23(5)26)10-8-11-20(2)15-16-24-22(4)12-9-17-25(24,6)7/h8,10-11,13-16H,9,12,17-18H2,1-7H3/b10-8+,16-15+,19-13+,20-11+,21-14+. The lowest BCUT2D eigenvalue weighted by molar-refractivity contribution is -0.139. The van der Waals surface area contributed by atoms with Gasteiger partial charge in [-0.25, -0.2) is 0 Å². The minimum atomic E-state index is -0.250. The molecule has 0 aliphatic heterocycles. The summed E-state index contributed by atoms with van der Waals surface area (Å²) in [6.45, 7) is 14.9. The molecule has 0 amide bonds. The maximum absolute atomic E-state index is 10.8. The topological polar surface area (TPSA) is 26.3 Å². The molecule has 0 heterocycles. The third-order valence-electron chi connectivity index (χ3n) is 4.91. The van der Waals surface area contributed by atoms with Crippen molar-refractivity contribution in [1.82, 2.24) is 0 Å². The molecule has 0 radical (unpaired) electrons. The Morgan fingerprint density at radius 3 is 2.33 bits per heavy atom. The van der Waals surface area contributed by atoms with Gasteiger partial charge in [-0.3, -0.25) is 4.79 Å². The van der Waals surface area contributed by atoms with Crippen LogP contribution in [0.2, 0.25) is 0 Å². The summed E-state index contributed by atoms with van der Waals surface area (Å²) < 4.78 is 4.97. The highest BCUT2D eigenvalue weighted by atomic mass is 16.5. The molecule has 148 valence electrons. The minimum absolute atomic E-state index is 0.250. The highest BCUT2D eigenvalue weighted by Crippen LogP contribution is 2.40. The van der Waals surface area contributed by atoms with E-state index in [1.165, 1.54) is 42.9 Å². The molecular weight excluding hydrogens is 332 g/mol. The van der Waals surface area contributed by atoms with E-state index >= 15 is 0 Å². The molecule has 1 aliphatic rings. The van der Waals surface area contributed by atoms with Crippen molar-refractivity contribution in [3.63, 3.8) is 0 Å². The summed E-state index contributed by atoms with van der Waals surface area (Å²) in [5, 5.41) is 0.